The number of benzene rings is 2. The van der Waals surface area contributed by atoms with Gasteiger partial charge in [0.25, 0.3) is 17.4 Å². The van der Waals surface area contributed by atoms with Gasteiger partial charge >= 0.3 is 0 Å². The summed E-state index contributed by atoms with van der Waals surface area (Å²) < 4.78 is 22.0. The summed E-state index contributed by atoms with van der Waals surface area (Å²) in [5.74, 6) is -1.18. The van der Waals surface area contributed by atoms with Crippen molar-refractivity contribution in [2.24, 2.45) is 13.0 Å². The van der Waals surface area contributed by atoms with Gasteiger partial charge in [-0.3, -0.25) is 34.2 Å². The van der Waals surface area contributed by atoms with Crippen LogP contribution in [0.15, 0.2) is 53.5 Å². The van der Waals surface area contributed by atoms with Crippen LogP contribution in [0.25, 0.3) is 10.9 Å². The molecular formula is C39H44ClFN10O6. The highest BCUT2D eigenvalue weighted by Gasteiger charge is 2.32. The molecule has 18 heteroatoms. The Morgan fingerprint density at radius 2 is 1.77 bits per heavy atom. The molecule has 1 atom stereocenters. The molecule has 0 aliphatic carbocycles. The van der Waals surface area contributed by atoms with Crippen molar-refractivity contribution < 1.29 is 28.3 Å². The lowest BCUT2D eigenvalue weighted by Gasteiger charge is -2.39. The fourth-order valence-corrected chi connectivity index (χ4v) is 7.64. The number of carbonyl (C=O) groups is 4. The number of fused-ring (bicyclic) bond motifs is 1. The molecule has 0 radical (unpaired) electrons. The molecule has 3 fully saturated rings. The lowest BCUT2D eigenvalue weighted by atomic mass is 9.94. The van der Waals surface area contributed by atoms with Crippen LogP contribution in [0.3, 0.4) is 0 Å². The Hall–Kier alpha value is -5.81. The fourth-order valence-electron chi connectivity index (χ4n) is 7.50. The predicted octanol–water partition coefficient (Wildman–Crippen LogP) is 2.56. The standard InChI is InChI=1S/C39H44ClFN10O6/c1-42-33(53)22-57-31-19-24-18-25(6-8-29(24)48(2)38(31)56)44-35-26(40)20-43-39(47-35)51-16-14-49(15-17-51)21-23-10-12-50(13-11-23)30-5-3-4-27(41)34(30)37(55)45-28-7-9-32(52)46-36(28)54/h3-6,8,18-20,23,28H,7,9-17,21-22H2,1-2H3,(H,42,53)(H,45,55)(H,43,44,47)(H,46,52,54). The van der Waals surface area contributed by atoms with Crippen molar-refractivity contribution in [2.45, 2.75) is 31.7 Å². The zero-order chi connectivity index (χ0) is 40.2. The van der Waals surface area contributed by atoms with Crippen LogP contribution in [0.2, 0.25) is 5.02 Å². The van der Waals surface area contributed by atoms with E-state index >= 15 is 4.39 Å². The van der Waals surface area contributed by atoms with Gasteiger partial charge in [0.1, 0.15) is 16.9 Å². The van der Waals surface area contributed by atoms with Crippen LogP contribution in [0.5, 0.6) is 5.75 Å². The number of halogens is 2. The van der Waals surface area contributed by atoms with Crippen LogP contribution in [0.4, 0.5) is 27.5 Å². The van der Waals surface area contributed by atoms with E-state index in [1.165, 1.54) is 17.7 Å². The SMILES string of the molecule is CNC(=O)COc1cc2cc(Nc3nc(N4CCN(CC5CCN(c6cccc(F)c6C(=O)NC6CCC(=O)NC6=O)CC5)CC4)ncc3Cl)ccc2n(C)c1=O. The van der Waals surface area contributed by atoms with Crippen molar-refractivity contribution in [1.29, 1.82) is 0 Å². The predicted molar refractivity (Wildman–Crippen MR) is 213 cm³/mol. The Morgan fingerprint density at radius 3 is 2.51 bits per heavy atom. The Labute approximate surface area is 332 Å². The number of nitrogens with one attached hydrogen (secondary N) is 4. The van der Waals surface area contributed by atoms with Crippen molar-refractivity contribution in [1.82, 2.24) is 35.4 Å². The first-order valence-electron chi connectivity index (χ1n) is 18.9. The van der Waals surface area contributed by atoms with Gasteiger partial charge in [-0.2, -0.15) is 4.98 Å². The van der Waals surface area contributed by atoms with E-state index in [0.29, 0.717) is 58.1 Å². The Morgan fingerprint density at radius 1 is 1.00 bits per heavy atom. The number of imide groups is 1. The molecule has 3 aliphatic heterocycles. The Kier molecular flexibility index (Phi) is 11.9. The second-order valence-electron chi connectivity index (χ2n) is 14.4. The number of hydrogen-bond acceptors (Lipinski definition) is 12. The van der Waals surface area contributed by atoms with E-state index < -0.39 is 23.7 Å². The number of rotatable bonds is 11. The van der Waals surface area contributed by atoms with Gasteiger partial charge in [-0.15, -0.1) is 0 Å². The third kappa shape index (κ3) is 8.94. The van der Waals surface area contributed by atoms with Crippen LogP contribution in [0, 0.1) is 11.7 Å². The van der Waals surface area contributed by atoms with E-state index in [-0.39, 0.29) is 48.1 Å². The summed E-state index contributed by atoms with van der Waals surface area (Å²) in [5, 5.41) is 11.7. The zero-order valence-corrected chi connectivity index (χ0v) is 32.4. The Bertz CT molecular complexity index is 2260. The molecular weight excluding hydrogens is 759 g/mol. The summed E-state index contributed by atoms with van der Waals surface area (Å²) >= 11 is 6.54. The number of piperazine rings is 1. The van der Waals surface area contributed by atoms with E-state index in [1.54, 1.807) is 31.4 Å². The maximum Gasteiger partial charge on any atom is 0.293 e. The molecule has 3 saturated heterocycles. The highest BCUT2D eigenvalue weighted by molar-refractivity contribution is 6.33. The van der Waals surface area contributed by atoms with Gasteiger partial charge in [0.05, 0.1) is 23.0 Å². The number of aryl methyl sites for hydroxylation is 1. The molecule has 7 rings (SSSR count). The molecule has 2 aromatic heterocycles. The molecule has 0 saturated carbocycles. The second-order valence-corrected chi connectivity index (χ2v) is 14.8. The molecule has 0 spiro atoms. The largest absolute Gasteiger partial charge is 0.478 e. The average Bonchev–Trinajstić information content (AvgIpc) is 3.21. The van der Waals surface area contributed by atoms with Crippen LogP contribution in [-0.4, -0.2) is 109 Å². The third-order valence-electron chi connectivity index (χ3n) is 10.7. The number of ether oxygens (including phenoxy) is 1. The minimum absolute atomic E-state index is 0.0615. The minimum Gasteiger partial charge on any atom is -0.478 e. The molecule has 1 unspecified atom stereocenters. The number of nitrogens with zero attached hydrogens (tertiary/aromatic N) is 6. The summed E-state index contributed by atoms with van der Waals surface area (Å²) in [6.07, 6.45) is 3.60. The highest BCUT2D eigenvalue weighted by Crippen LogP contribution is 2.31. The number of hydrogen-bond donors (Lipinski definition) is 4. The number of pyridine rings is 1. The van der Waals surface area contributed by atoms with E-state index in [4.69, 9.17) is 21.3 Å². The molecule has 300 valence electrons. The van der Waals surface area contributed by atoms with Crippen LogP contribution in [-0.2, 0) is 21.4 Å². The highest BCUT2D eigenvalue weighted by atomic mass is 35.5. The number of likely N-dealkylation sites (N-methyl/N-ethyl adjacent to an activating group) is 1. The molecule has 2 aromatic carbocycles. The maximum atomic E-state index is 15.1. The van der Waals surface area contributed by atoms with E-state index in [2.05, 4.69) is 36.1 Å². The molecule has 0 bridgehead atoms. The fraction of sp³-hybridized carbons (Fsp3) is 0.410. The van der Waals surface area contributed by atoms with Crippen molar-refractivity contribution in [3.05, 3.63) is 75.4 Å². The summed E-state index contributed by atoms with van der Waals surface area (Å²) in [5.41, 5.74) is 1.42. The number of amides is 4. The lowest BCUT2D eigenvalue weighted by Crippen LogP contribution is -2.52. The van der Waals surface area contributed by atoms with Crippen molar-refractivity contribution >= 4 is 69.3 Å². The maximum absolute atomic E-state index is 15.1. The molecule has 3 aliphatic rings. The minimum atomic E-state index is -0.895. The van der Waals surface area contributed by atoms with Crippen molar-refractivity contribution in [3.8, 4) is 5.75 Å². The summed E-state index contributed by atoms with van der Waals surface area (Å²) in [6, 6.07) is 10.8. The number of aromatic nitrogens is 3. The molecule has 4 N–H and O–H groups in total. The van der Waals surface area contributed by atoms with Crippen molar-refractivity contribution in [2.75, 3.05) is 74.6 Å². The molecule has 16 nitrogen and oxygen atoms in total. The Balaban J connectivity index is 0.928. The first-order chi connectivity index (χ1) is 27.5. The van der Waals surface area contributed by atoms with Gasteiger partial charge in [0.15, 0.2) is 18.2 Å². The first kappa shape index (κ1) is 39.4. The topological polar surface area (TPSA) is 183 Å². The normalized spacial score (nSPS) is 18.0. The van der Waals surface area contributed by atoms with Gasteiger partial charge in [0, 0.05) is 77.4 Å². The summed E-state index contributed by atoms with van der Waals surface area (Å²) in [7, 11) is 3.14. The molecule has 4 aromatic rings. The van der Waals surface area contributed by atoms with Gasteiger partial charge in [0.2, 0.25) is 17.8 Å². The van der Waals surface area contributed by atoms with Gasteiger partial charge in [-0.05, 0) is 61.6 Å². The monoisotopic (exact) mass is 802 g/mol. The summed E-state index contributed by atoms with van der Waals surface area (Å²) in [4.78, 5) is 77.3. The van der Waals surface area contributed by atoms with Crippen molar-refractivity contribution in [3.63, 3.8) is 0 Å². The number of carbonyl (C=O) groups excluding carboxylic acids is 4. The molecule has 57 heavy (non-hydrogen) atoms. The molecule has 4 amide bonds. The van der Waals surface area contributed by atoms with Gasteiger partial charge in [-0.1, -0.05) is 17.7 Å². The summed E-state index contributed by atoms with van der Waals surface area (Å²) in [6.45, 7) is 5.02. The lowest BCUT2D eigenvalue weighted by molar-refractivity contribution is -0.134. The quantitative estimate of drug-likeness (QED) is 0.163. The van der Waals surface area contributed by atoms with E-state index in [0.717, 1.165) is 45.6 Å². The van der Waals surface area contributed by atoms with Crippen LogP contribution >= 0.6 is 11.6 Å². The van der Waals surface area contributed by atoms with Gasteiger partial charge in [-0.25, -0.2) is 9.37 Å². The number of piperidine rings is 2. The van der Waals surface area contributed by atoms with E-state index in [1.807, 2.05) is 23.1 Å². The first-order valence-corrected chi connectivity index (χ1v) is 19.3. The third-order valence-corrected chi connectivity index (χ3v) is 11.0. The smallest absolute Gasteiger partial charge is 0.293 e. The molecule has 5 heterocycles. The van der Waals surface area contributed by atoms with Crippen LogP contribution in [0.1, 0.15) is 36.0 Å². The zero-order valence-electron chi connectivity index (χ0n) is 31.6. The second kappa shape index (κ2) is 17.1. The van der Waals surface area contributed by atoms with E-state index in [9.17, 15) is 24.0 Å². The van der Waals surface area contributed by atoms with Crippen LogP contribution < -0.4 is 41.4 Å². The average molecular weight is 803 g/mol. The van der Waals surface area contributed by atoms with Gasteiger partial charge < -0.3 is 35.1 Å². The number of anilines is 4.